The third-order valence-electron chi connectivity index (χ3n) is 2.20. The molecular weight excluding hydrogens is 255 g/mol. The third kappa shape index (κ3) is 2.56. The second-order valence-electron chi connectivity index (χ2n) is 3.22. The van der Waals surface area contributed by atoms with Crippen LogP contribution in [-0.4, -0.2) is 54.1 Å². The number of hydrogen-bond acceptors (Lipinski definition) is 4. The second kappa shape index (κ2) is 4.83. The van der Waals surface area contributed by atoms with E-state index in [1.807, 2.05) is 0 Å². The summed E-state index contributed by atoms with van der Waals surface area (Å²) in [5.41, 5.74) is 0.127. The van der Waals surface area contributed by atoms with Crippen molar-refractivity contribution in [1.82, 2.24) is 0 Å². The van der Waals surface area contributed by atoms with Crippen molar-refractivity contribution in [1.29, 1.82) is 0 Å². The van der Waals surface area contributed by atoms with Gasteiger partial charge in [0, 0.05) is 46.8 Å². The average Bonchev–Trinajstić information content (AvgIpc) is 2.22. The molecule has 0 amide bonds. The van der Waals surface area contributed by atoms with E-state index in [0.29, 0.717) is 6.08 Å². The van der Waals surface area contributed by atoms with Crippen LogP contribution in [0.1, 0.15) is 20.7 Å². The Morgan fingerprint density at radius 1 is 1.00 bits per heavy atom. The number of benzene rings is 1. The molecule has 0 unspecified atom stereocenters. The van der Waals surface area contributed by atoms with Gasteiger partial charge in [-0.15, -0.1) is 0 Å². The van der Waals surface area contributed by atoms with Crippen LogP contribution in [0.5, 0.6) is 0 Å². The number of Topliss-reactive ketones (excluding diaryl/α,β-unsaturated/α-hetero) is 1. The summed E-state index contributed by atoms with van der Waals surface area (Å²) in [6.45, 7) is 0. The van der Waals surface area contributed by atoms with Gasteiger partial charge >= 0.3 is 0 Å². The van der Waals surface area contributed by atoms with Gasteiger partial charge in [-0.05, 0) is 0 Å². The normalized spacial score (nSPS) is 14.8. The molecule has 7 heteroatoms. The van der Waals surface area contributed by atoms with Gasteiger partial charge in [-0.25, -0.2) is 0 Å². The van der Waals surface area contributed by atoms with E-state index in [-0.39, 0.29) is 40.7 Å². The summed E-state index contributed by atoms with van der Waals surface area (Å²) in [4.78, 5) is 22.3. The van der Waals surface area contributed by atoms with Crippen LogP contribution in [0, 0.1) is 0 Å². The van der Waals surface area contributed by atoms with Crippen molar-refractivity contribution in [2.24, 2.45) is 0 Å². The van der Waals surface area contributed by atoms with Gasteiger partial charge in [0.2, 0.25) is 5.78 Å². The molecule has 0 saturated heterocycles. The van der Waals surface area contributed by atoms with E-state index in [0.717, 1.165) is 0 Å². The molecule has 1 aliphatic rings. The SMILES string of the molecule is O=C1C=C(S(=O)(=O)O)C(=O)c2ccccc21.[Na]. The molecule has 17 heavy (non-hydrogen) atoms. The van der Waals surface area contributed by atoms with Crippen LogP contribution in [0.2, 0.25) is 0 Å². The van der Waals surface area contributed by atoms with Crippen molar-refractivity contribution < 1.29 is 22.6 Å². The Morgan fingerprint density at radius 2 is 1.53 bits per heavy atom. The Balaban J connectivity index is 0.00000144. The number of rotatable bonds is 1. The summed E-state index contributed by atoms with van der Waals surface area (Å²) in [7, 11) is -4.66. The topological polar surface area (TPSA) is 88.5 Å². The monoisotopic (exact) mass is 261 g/mol. The molecule has 0 bridgehead atoms. The molecule has 0 fully saturated rings. The molecule has 83 valence electrons. The quantitative estimate of drug-likeness (QED) is 0.586. The molecule has 2 rings (SSSR count). The summed E-state index contributed by atoms with van der Waals surface area (Å²) < 4.78 is 30.5. The number of hydrogen-bond donors (Lipinski definition) is 1. The van der Waals surface area contributed by atoms with E-state index in [1.54, 1.807) is 6.07 Å². The summed E-state index contributed by atoms with van der Waals surface area (Å²) >= 11 is 0. The van der Waals surface area contributed by atoms with E-state index in [9.17, 15) is 18.0 Å². The van der Waals surface area contributed by atoms with E-state index >= 15 is 0 Å². The largest absolute Gasteiger partial charge is 0.298 e. The summed E-state index contributed by atoms with van der Waals surface area (Å²) in [5.74, 6) is -1.47. The predicted octanol–water partition coefficient (Wildman–Crippen LogP) is 0.457. The van der Waals surface area contributed by atoms with Gasteiger partial charge in [0.25, 0.3) is 10.1 Å². The van der Waals surface area contributed by atoms with Gasteiger partial charge in [0.05, 0.1) is 0 Å². The fourth-order valence-electron chi connectivity index (χ4n) is 1.48. The van der Waals surface area contributed by atoms with Gasteiger partial charge < -0.3 is 0 Å². The minimum atomic E-state index is -4.66. The Morgan fingerprint density at radius 3 is 2.06 bits per heavy atom. The fourth-order valence-corrected chi connectivity index (χ4v) is 2.08. The first-order chi connectivity index (χ1) is 7.41. The van der Waals surface area contributed by atoms with Crippen molar-refractivity contribution in [3.05, 3.63) is 46.4 Å². The molecular formula is C10H6NaO5S. The zero-order valence-corrected chi connectivity index (χ0v) is 11.7. The molecule has 5 nitrogen and oxygen atoms in total. The van der Waals surface area contributed by atoms with Gasteiger partial charge in [0.15, 0.2) is 5.78 Å². The molecule has 0 aromatic heterocycles. The zero-order valence-electron chi connectivity index (χ0n) is 8.88. The molecule has 1 aliphatic carbocycles. The van der Waals surface area contributed by atoms with Crippen LogP contribution in [-0.2, 0) is 10.1 Å². The maximum Gasteiger partial charge on any atom is 0.298 e. The standard InChI is InChI=1S/C10H6O5S.Na/c11-8-5-9(16(13,14)15)10(12)7-4-2-1-3-6(7)8;/h1-5H,(H,13,14,15);. The molecule has 0 aliphatic heterocycles. The smallest absolute Gasteiger partial charge is 0.289 e. The second-order valence-corrected chi connectivity index (χ2v) is 4.61. The van der Waals surface area contributed by atoms with Crippen LogP contribution in [0.25, 0.3) is 0 Å². The number of fused-ring (bicyclic) bond motifs is 1. The molecule has 0 saturated carbocycles. The average molecular weight is 261 g/mol. The maximum atomic E-state index is 11.6. The maximum absolute atomic E-state index is 11.6. The first-order valence-electron chi connectivity index (χ1n) is 4.28. The summed E-state index contributed by atoms with van der Waals surface area (Å²) in [6.07, 6.45) is 0.639. The van der Waals surface area contributed by atoms with Gasteiger partial charge in [-0.2, -0.15) is 8.42 Å². The minimum Gasteiger partial charge on any atom is -0.289 e. The van der Waals surface area contributed by atoms with Crippen LogP contribution < -0.4 is 0 Å². The van der Waals surface area contributed by atoms with Crippen LogP contribution in [0.15, 0.2) is 35.2 Å². The van der Waals surface area contributed by atoms with E-state index in [2.05, 4.69) is 0 Å². The number of ketones is 2. The molecule has 0 spiro atoms. The van der Waals surface area contributed by atoms with Crippen molar-refractivity contribution in [2.75, 3.05) is 0 Å². The first-order valence-corrected chi connectivity index (χ1v) is 5.72. The summed E-state index contributed by atoms with van der Waals surface area (Å²) in [5, 5.41) is 0. The summed E-state index contributed by atoms with van der Waals surface area (Å²) in [6, 6.07) is 5.84. The fraction of sp³-hybridized carbons (Fsp3) is 0. The molecule has 1 aromatic carbocycles. The predicted molar refractivity (Wildman–Crippen MR) is 60.5 cm³/mol. The Hall–Kier alpha value is -0.790. The van der Waals surface area contributed by atoms with Crippen molar-refractivity contribution in [2.45, 2.75) is 0 Å². The Kier molecular flexibility index (Phi) is 4.06. The molecule has 1 N–H and O–H groups in total. The number of allylic oxidation sites excluding steroid dienone is 2. The minimum absolute atomic E-state index is 0. The molecule has 0 atom stereocenters. The van der Waals surface area contributed by atoms with Crippen molar-refractivity contribution in [3.8, 4) is 0 Å². The Labute approximate surface area is 120 Å². The van der Waals surface area contributed by atoms with Gasteiger partial charge in [-0.1, -0.05) is 24.3 Å². The third-order valence-corrected chi connectivity index (χ3v) is 3.06. The van der Waals surface area contributed by atoms with E-state index in [1.165, 1.54) is 18.2 Å². The first kappa shape index (κ1) is 14.3. The van der Waals surface area contributed by atoms with Crippen molar-refractivity contribution >= 4 is 51.2 Å². The Bertz CT molecular complexity index is 630. The van der Waals surface area contributed by atoms with Crippen LogP contribution in [0.3, 0.4) is 0 Å². The zero-order chi connectivity index (χ0) is 11.9. The number of carbonyl (C=O) groups is 2. The van der Waals surface area contributed by atoms with E-state index in [4.69, 9.17) is 4.55 Å². The van der Waals surface area contributed by atoms with Crippen LogP contribution in [0.4, 0.5) is 0 Å². The van der Waals surface area contributed by atoms with Gasteiger partial charge in [0.1, 0.15) is 4.91 Å². The van der Waals surface area contributed by atoms with Gasteiger partial charge in [-0.3, -0.25) is 14.1 Å². The van der Waals surface area contributed by atoms with E-state index < -0.39 is 26.6 Å². The molecule has 0 heterocycles. The van der Waals surface area contributed by atoms with Crippen molar-refractivity contribution in [3.63, 3.8) is 0 Å². The number of carbonyl (C=O) groups excluding carboxylic acids is 2. The van der Waals surface area contributed by atoms with Crippen LogP contribution >= 0.6 is 0 Å². The molecule has 1 aromatic rings. The molecule has 1 radical (unpaired) electrons.